The number of pyridine rings is 1. The minimum Gasteiger partial charge on any atom is -0.338 e. The number of aromatic nitrogens is 3. The molecule has 146 valence electrons. The van der Waals surface area contributed by atoms with Crippen LogP contribution in [0.4, 0.5) is 0 Å². The van der Waals surface area contributed by atoms with E-state index in [0.29, 0.717) is 18.3 Å². The third-order valence-electron chi connectivity index (χ3n) is 5.36. The highest BCUT2D eigenvalue weighted by atomic mass is 32.2. The highest BCUT2D eigenvalue weighted by Crippen LogP contribution is 2.41. The van der Waals surface area contributed by atoms with Crippen molar-refractivity contribution in [3.05, 3.63) is 46.0 Å². The Kier molecular flexibility index (Phi) is 4.65. The number of nitrogens with zero attached hydrogens (tertiary/aromatic N) is 4. The molecular weight excluding hydrogens is 370 g/mol. The lowest BCUT2D eigenvalue weighted by Gasteiger charge is -2.46. The number of piperidine rings is 1. The Hall–Kier alpha value is -2.04. The summed E-state index contributed by atoms with van der Waals surface area (Å²) in [7, 11) is -3.34. The lowest BCUT2D eigenvalue weighted by atomic mass is 9.78. The smallest absolute Gasteiger partial charge is 0.251 e. The van der Waals surface area contributed by atoms with Crippen LogP contribution in [0, 0.1) is 12.8 Å². The molecule has 0 amide bonds. The van der Waals surface area contributed by atoms with Crippen LogP contribution in [0.1, 0.15) is 35.8 Å². The lowest BCUT2D eigenvalue weighted by molar-refractivity contribution is 0.0790. The van der Waals surface area contributed by atoms with Crippen LogP contribution in [0.15, 0.2) is 27.5 Å². The quantitative estimate of drug-likeness (QED) is 0.775. The van der Waals surface area contributed by atoms with Crippen LogP contribution in [-0.4, -0.2) is 53.9 Å². The molecule has 0 saturated carbocycles. The molecule has 1 fully saturated rings. The van der Waals surface area contributed by atoms with Gasteiger partial charge in [-0.25, -0.2) is 13.1 Å². The molecule has 2 aliphatic rings. The largest absolute Gasteiger partial charge is 0.338 e. The molecule has 0 radical (unpaired) electrons. The molecule has 2 aromatic rings. The molecule has 2 aliphatic heterocycles. The molecule has 1 saturated heterocycles. The Morgan fingerprint density at radius 2 is 2.15 bits per heavy atom. The maximum absolute atomic E-state index is 12.5. The first kappa shape index (κ1) is 18.3. The Morgan fingerprint density at radius 3 is 2.85 bits per heavy atom. The minimum absolute atomic E-state index is 0.0801. The zero-order chi connectivity index (χ0) is 19.2. The third kappa shape index (κ3) is 3.83. The highest BCUT2D eigenvalue weighted by molar-refractivity contribution is 7.88. The summed E-state index contributed by atoms with van der Waals surface area (Å²) in [5.41, 5.74) is 0.883. The molecule has 0 unspecified atom stereocenters. The average molecular weight is 393 g/mol. The molecule has 0 spiro atoms. The Bertz CT molecular complexity index is 999. The summed E-state index contributed by atoms with van der Waals surface area (Å²) in [4.78, 5) is 19.1. The number of hydrogen-bond acceptors (Lipinski definition) is 7. The van der Waals surface area contributed by atoms with Crippen molar-refractivity contribution < 1.29 is 12.9 Å². The van der Waals surface area contributed by atoms with Crippen LogP contribution < -0.4 is 10.3 Å². The van der Waals surface area contributed by atoms with Gasteiger partial charge in [0.2, 0.25) is 15.9 Å². The van der Waals surface area contributed by atoms with E-state index in [1.165, 1.54) is 6.07 Å². The van der Waals surface area contributed by atoms with E-state index in [0.717, 1.165) is 31.5 Å². The van der Waals surface area contributed by atoms with Gasteiger partial charge in [-0.3, -0.25) is 9.69 Å². The number of fused-ring (bicyclic) bond motifs is 4. The number of hydrogen-bond donors (Lipinski definition) is 1. The predicted octanol–water partition coefficient (Wildman–Crippen LogP) is 0.249. The van der Waals surface area contributed by atoms with Crippen molar-refractivity contribution in [1.82, 2.24) is 24.3 Å². The highest BCUT2D eigenvalue weighted by Gasteiger charge is 2.40. The second kappa shape index (κ2) is 6.84. The van der Waals surface area contributed by atoms with Gasteiger partial charge in [0.25, 0.3) is 5.56 Å². The van der Waals surface area contributed by atoms with E-state index in [1.807, 2.05) is 6.07 Å². The second-order valence-corrected chi connectivity index (χ2v) is 9.30. The fourth-order valence-electron chi connectivity index (χ4n) is 4.36. The van der Waals surface area contributed by atoms with Crippen molar-refractivity contribution in [3.63, 3.8) is 0 Å². The van der Waals surface area contributed by atoms with E-state index in [-0.39, 0.29) is 30.0 Å². The van der Waals surface area contributed by atoms with Crippen LogP contribution in [0.25, 0.3) is 0 Å². The standard InChI is InChI=1S/C17H23N5O4S/c1-11-19-16(26-20-11)10-21-8-12-6-13(9-21)15(7-18-27(2,24)25)22-14(12)4-3-5-17(22)23/h3-5,12-13,15,18H,6-10H2,1-2H3/t12-,13+,15+/m1/s1. The van der Waals surface area contributed by atoms with Crippen LogP contribution >= 0.6 is 0 Å². The van der Waals surface area contributed by atoms with Crippen molar-refractivity contribution in [2.45, 2.75) is 31.8 Å². The Balaban J connectivity index is 1.64. The Morgan fingerprint density at radius 1 is 1.33 bits per heavy atom. The van der Waals surface area contributed by atoms with E-state index < -0.39 is 10.0 Å². The van der Waals surface area contributed by atoms with E-state index in [4.69, 9.17) is 4.52 Å². The summed E-state index contributed by atoms with van der Waals surface area (Å²) in [6, 6.07) is 5.06. The van der Waals surface area contributed by atoms with Gasteiger partial charge in [-0.1, -0.05) is 11.2 Å². The van der Waals surface area contributed by atoms with Crippen molar-refractivity contribution in [2.75, 3.05) is 25.9 Å². The molecular formula is C17H23N5O4S. The predicted molar refractivity (Wildman–Crippen MR) is 97.7 cm³/mol. The summed E-state index contributed by atoms with van der Waals surface area (Å²) >= 11 is 0. The van der Waals surface area contributed by atoms with E-state index in [2.05, 4.69) is 19.8 Å². The lowest BCUT2D eigenvalue weighted by Crippen LogP contribution is -2.51. The molecule has 9 nitrogen and oxygen atoms in total. The van der Waals surface area contributed by atoms with Crippen molar-refractivity contribution >= 4 is 10.0 Å². The average Bonchev–Trinajstić information content (AvgIpc) is 2.99. The van der Waals surface area contributed by atoms with Gasteiger partial charge in [0, 0.05) is 37.3 Å². The van der Waals surface area contributed by atoms with E-state index >= 15 is 0 Å². The zero-order valence-corrected chi connectivity index (χ0v) is 16.1. The molecule has 2 bridgehead atoms. The Labute approximate surface area is 157 Å². The number of aryl methyl sites for hydroxylation is 1. The molecule has 10 heteroatoms. The maximum Gasteiger partial charge on any atom is 0.251 e. The number of rotatable bonds is 5. The van der Waals surface area contributed by atoms with Gasteiger partial charge < -0.3 is 9.09 Å². The van der Waals surface area contributed by atoms with E-state index in [9.17, 15) is 13.2 Å². The first-order valence-electron chi connectivity index (χ1n) is 8.98. The summed E-state index contributed by atoms with van der Waals surface area (Å²) in [6.45, 7) is 4.09. The number of likely N-dealkylation sites (tertiary alicyclic amines) is 1. The first-order chi connectivity index (χ1) is 12.8. The minimum atomic E-state index is -3.34. The molecule has 27 heavy (non-hydrogen) atoms. The topological polar surface area (TPSA) is 110 Å². The molecule has 3 atom stereocenters. The van der Waals surface area contributed by atoms with Crippen LogP contribution in [-0.2, 0) is 16.6 Å². The van der Waals surface area contributed by atoms with E-state index in [1.54, 1.807) is 17.6 Å². The number of nitrogens with one attached hydrogen (secondary N) is 1. The summed E-state index contributed by atoms with van der Waals surface area (Å²) in [5.74, 6) is 1.56. The maximum atomic E-state index is 12.5. The zero-order valence-electron chi connectivity index (χ0n) is 15.3. The molecule has 2 aromatic heterocycles. The van der Waals surface area contributed by atoms with Gasteiger partial charge in [-0.2, -0.15) is 4.98 Å². The van der Waals surface area contributed by atoms with Crippen molar-refractivity contribution in [2.24, 2.45) is 5.92 Å². The van der Waals surface area contributed by atoms with Gasteiger partial charge in [-0.05, 0) is 25.3 Å². The molecule has 0 aromatic carbocycles. The van der Waals surface area contributed by atoms with Gasteiger partial charge >= 0.3 is 0 Å². The third-order valence-corrected chi connectivity index (χ3v) is 6.05. The fraction of sp³-hybridized carbons (Fsp3) is 0.588. The van der Waals surface area contributed by atoms with Crippen LogP contribution in [0.2, 0.25) is 0 Å². The second-order valence-electron chi connectivity index (χ2n) is 7.47. The van der Waals surface area contributed by atoms with Crippen LogP contribution in [0.5, 0.6) is 0 Å². The monoisotopic (exact) mass is 393 g/mol. The SMILES string of the molecule is Cc1noc(CN2C[C@H]3C[C@@H](C2)[C@H](CNS(C)(=O)=O)n2c3cccc2=O)n1. The van der Waals surface area contributed by atoms with Gasteiger partial charge in [0.15, 0.2) is 5.82 Å². The molecule has 4 rings (SSSR count). The summed E-state index contributed by atoms with van der Waals surface area (Å²) in [5, 5.41) is 3.84. The van der Waals surface area contributed by atoms with Crippen LogP contribution in [0.3, 0.4) is 0 Å². The summed E-state index contributed by atoms with van der Waals surface area (Å²) in [6.07, 6.45) is 2.07. The normalized spacial score (nSPS) is 25.3. The summed E-state index contributed by atoms with van der Waals surface area (Å²) < 4.78 is 32.8. The van der Waals surface area contributed by atoms with Gasteiger partial charge in [0.05, 0.1) is 18.8 Å². The molecule has 4 heterocycles. The van der Waals surface area contributed by atoms with Crippen molar-refractivity contribution in [3.8, 4) is 0 Å². The van der Waals surface area contributed by atoms with Crippen molar-refractivity contribution in [1.29, 1.82) is 0 Å². The first-order valence-corrected chi connectivity index (χ1v) is 10.9. The van der Waals surface area contributed by atoms with Gasteiger partial charge in [0.1, 0.15) is 0 Å². The molecule has 0 aliphatic carbocycles. The fourth-order valence-corrected chi connectivity index (χ4v) is 4.83. The number of sulfonamides is 1. The van der Waals surface area contributed by atoms with Gasteiger partial charge in [-0.15, -0.1) is 0 Å². The molecule has 1 N–H and O–H groups in total.